The maximum atomic E-state index is 12.7. The van der Waals surface area contributed by atoms with E-state index in [9.17, 15) is 4.79 Å². The van der Waals surface area contributed by atoms with Crippen LogP contribution in [0.4, 0.5) is 0 Å². The number of hydrogen-bond acceptors (Lipinski definition) is 2. The lowest BCUT2D eigenvalue weighted by Gasteiger charge is -2.23. The van der Waals surface area contributed by atoms with Crippen LogP contribution in [-0.2, 0) is 0 Å². The Kier molecular flexibility index (Phi) is 14.0. The number of likely N-dealkylation sites (N-methyl/N-ethyl adjacent to an activating group) is 1. The third kappa shape index (κ3) is 11.3. The standard InChI is InChI=1S/C25H43NO/c1-4-5-6-7-8-9-10-11-12-13-14-15-19-22-24(26(2)3)25(27)23-20-17-16-18-21-23/h16-18,20-21,24H,4-15,19,22H2,1-3H3. The van der Waals surface area contributed by atoms with Gasteiger partial charge in [-0.2, -0.15) is 0 Å². The first-order chi connectivity index (χ1) is 13.2. The minimum Gasteiger partial charge on any atom is -0.299 e. The number of rotatable bonds is 17. The molecular weight excluding hydrogens is 330 g/mol. The van der Waals surface area contributed by atoms with Gasteiger partial charge < -0.3 is 0 Å². The molecule has 0 heterocycles. The number of unbranched alkanes of at least 4 members (excludes halogenated alkanes) is 12. The first-order valence-electron chi connectivity index (χ1n) is 11.4. The molecule has 0 aliphatic carbocycles. The van der Waals surface area contributed by atoms with Crippen molar-refractivity contribution in [3.63, 3.8) is 0 Å². The highest BCUT2D eigenvalue weighted by Gasteiger charge is 2.21. The monoisotopic (exact) mass is 373 g/mol. The molecule has 0 fully saturated rings. The van der Waals surface area contributed by atoms with Crippen molar-refractivity contribution in [2.75, 3.05) is 14.1 Å². The molecule has 0 radical (unpaired) electrons. The van der Waals surface area contributed by atoms with Gasteiger partial charge in [0.25, 0.3) is 0 Å². The summed E-state index contributed by atoms with van der Waals surface area (Å²) in [6, 6.07) is 9.75. The summed E-state index contributed by atoms with van der Waals surface area (Å²) >= 11 is 0. The highest BCUT2D eigenvalue weighted by Crippen LogP contribution is 2.16. The van der Waals surface area contributed by atoms with E-state index in [1.54, 1.807) is 0 Å². The summed E-state index contributed by atoms with van der Waals surface area (Å²) in [7, 11) is 4.04. The zero-order valence-corrected chi connectivity index (χ0v) is 18.2. The molecule has 1 unspecified atom stereocenters. The SMILES string of the molecule is CCCCCCCCCCCCCCCC(C(=O)c1ccccc1)N(C)C. The number of benzene rings is 1. The molecular formula is C25H43NO. The highest BCUT2D eigenvalue weighted by molar-refractivity contribution is 6.00. The molecule has 0 saturated carbocycles. The van der Waals surface area contributed by atoms with Crippen molar-refractivity contribution in [3.05, 3.63) is 35.9 Å². The molecule has 0 N–H and O–H groups in total. The molecule has 0 spiro atoms. The lowest BCUT2D eigenvalue weighted by molar-refractivity contribution is 0.0863. The Hall–Kier alpha value is -1.15. The van der Waals surface area contributed by atoms with Crippen LogP contribution < -0.4 is 0 Å². The van der Waals surface area contributed by atoms with Crippen LogP contribution in [0.3, 0.4) is 0 Å². The lowest BCUT2D eigenvalue weighted by atomic mass is 9.97. The third-order valence-electron chi connectivity index (χ3n) is 5.57. The fraction of sp³-hybridized carbons (Fsp3) is 0.720. The molecule has 0 saturated heterocycles. The van der Waals surface area contributed by atoms with Gasteiger partial charge in [-0.3, -0.25) is 9.69 Å². The van der Waals surface area contributed by atoms with Crippen LogP contribution in [-0.4, -0.2) is 30.8 Å². The van der Waals surface area contributed by atoms with Gasteiger partial charge in [-0.1, -0.05) is 121 Å². The predicted molar refractivity (Wildman–Crippen MR) is 119 cm³/mol. The smallest absolute Gasteiger partial charge is 0.179 e. The lowest BCUT2D eigenvalue weighted by Crippen LogP contribution is -2.35. The summed E-state index contributed by atoms with van der Waals surface area (Å²) < 4.78 is 0. The van der Waals surface area contributed by atoms with Gasteiger partial charge in [-0.05, 0) is 20.5 Å². The summed E-state index contributed by atoms with van der Waals surface area (Å²) in [5.41, 5.74) is 0.839. The summed E-state index contributed by atoms with van der Waals surface area (Å²) in [5, 5.41) is 0. The Labute approximate surface area is 168 Å². The van der Waals surface area contributed by atoms with Gasteiger partial charge in [0.2, 0.25) is 0 Å². The number of hydrogen-bond donors (Lipinski definition) is 0. The fourth-order valence-electron chi connectivity index (χ4n) is 3.77. The molecule has 1 aromatic rings. The average molecular weight is 374 g/mol. The van der Waals surface area contributed by atoms with Crippen LogP contribution in [0.5, 0.6) is 0 Å². The zero-order valence-electron chi connectivity index (χ0n) is 18.2. The number of ketones is 1. The number of Topliss-reactive ketones (excluding diaryl/α,β-unsaturated/α-hetero) is 1. The van der Waals surface area contributed by atoms with E-state index in [0.717, 1.165) is 18.4 Å². The van der Waals surface area contributed by atoms with E-state index in [4.69, 9.17) is 0 Å². The van der Waals surface area contributed by atoms with Gasteiger partial charge in [0.05, 0.1) is 6.04 Å². The number of nitrogens with zero attached hydrogens (tertiary/aromatic N) is 1. The first-order valence-corrected chi connectivity index (χ1v) is 11.4. The molecule has 0 bridgehead atoms. The number of carbonyl (C=O) groups is 1. The van der Waals surface area contributed by atoms with Gasteiger partial charge in [0, 0.05) is 5.56 Å². The topological polar surface area (TPSA) is 20.3 Å². The molecule has 154 valence electrons. The molecule has 0 aliphatic heterocycles. The van der Waals surface area contributed by atoms with E-state index in [2.05, 4.69) is 11.8 Å². The molecule has 2 heteroatoms. The van der Waals surface area contributed by atoms with E-state index in [-0.39, 0.29) is 11.8 Å². The Bertz CT molecular complexity index is 468. The van der Waals surface area contributed by atoms with Crippen LogP contribution >= 0.6 is 0 Å². The largest absolute Gasteiger partial charge is 0.299 e. The van der Waals surface area contributed by atoms with Crippen LogP contribution in [0.25, 0.3) is 0 Å². The third-order valence-corrected chi connectivity index (χ3v) is 5.57. The van der Waals surface area contributed by atoms with Crippen molar-refractivity contribution in [2.45, 2.75) is 103 Å². The summed E-state index contributed by atoms with van der Waals surface area (Å²) in [6.45, 7) is 2.28. The summed E-state index contributed by atoms with van der Waals surface area (Å²) in [4.78, 5) is 14.8. The Morgan fingerprint density at radius 3 is 1.63 bits per heavy atom. The van der Waals surface area contributed by atoms with Crippen molar-refractivity contribution in [1.29, 1.82) is 0 Å². The molecule has 0 amide bonds. The molecule has 1 rings (SSSR count). The average Bonchev–Trinajstić information content (AvgIpc) is 2.68. The zero-order chi connectivity index (χ0) is 19.7. The molecule has 0 aromatic heterocycles. The van der Waals surface area contributed by atoms with Crippen molar-refractivity contribution < 1.29 is 4.79 Å². The first kappa shape index (κ1) is 23.9. The van der Waals surface area contributed by atoms with Crippen molar-refractivity contribution >= 4 is 5.78 Å². The molecule has 1 aromatic carbocycles. The Morgan fingerprint density at radius 1 is 0.741 bits per heavy atom. The fourth-order valence-corrected chi connectivity index (χ4v) is 3.77. The van der Waals surface area contributed by atoms with Gasteiger partial charge in [-0.25, -0.2) is 0 Å². The Balaban J connectivity index is 2.05. The molecule has 0 aliphatic rings. The maximum absolute atomic E-state index is 12.7. The molecule has 1 atom stereocenters. The van der Waals surface area contributed by atoms with E-state index in [1.165, 1.54) is 77.0 Å². The molecule has 27 heavy (non-hydrogen) atoms. The van der Waals surface area contributed by atoms with Crippen LogP contribution in [0.1, 0.15) is 107 Å². The van der Waals surface area contributed by atoms with Crippen LogP contribution in [0.2, 0.25) is 0 Å². The summed E-state index contributed by atoms with van der Waals surface area (Å²) in [6.07, 6.45) is 18.7. The van der Waals surface area contributed by atoms with Gasteiger partial charge in [-0.15, -0.1) is 0 Å². The minimum atomic E-state index is 0.0140. The second kappa shape index (κ2) is 15.9. The van der Waals surface area contributed by atoms with E-state index >= 15 is 0 Å². The second-order valence-electron chi connectivity index (χ2n) is 8.24. The second-order valence-corrected chi connectivity index (χ2v) is 8.24. The maximum Gasteiger partial charge on any atom is 0.179 e. The quantitative estimate of drug-likeness (QED) is 0.211. The van der Waals surface area contributed by atoms with Crippen molar-refractivity contribution in [2.24, 2.45) is 0 Å². The van der Waals surface area contributed by atoms with Gasteiger partial charge >= 0.3 is 0 Å². The van der Waals surface area contributed by atoms with E-state index in [0.29, 0.717) is 0 Å². The van der Waals surface area contributed by atoms with Crippen LogP contribution in [0.15, 0.2) is 30.3 Å². The van der Waals surface area contributed by atoms with E-state index < -0.39 is 0 Å². The predicted octanol–water partition coefficient (Wildman–Crippen LogP) is 7.28. The normalized spacial score (nSPS) is 12.4. The van der Waals surface area contributed by atoms with Crippen molar-refractivity contribution in [1.82, 2.24) is 4.90 Å². The minimum absolute atomic E-state index is 0.0140. The number of carbonyl (C=O) groups excluding carboxylic acids is 1. The molecule has 2 nitrogen and oxygen atoms in total. The summed E-state index contributed by atoms with van der Waals surface area (Å²) in [5.74, 6) is 0.263. The van der Waals surface area contributed by atoms with E-state index in [1.807, 2.05) is 44.4 Å². The van der Waals surface area contributed by atoms with Gasteiger partial charge in [0.1, 0.15) is 0 Å². The van der Waals surface area contributed by atoms with Crippen molar-refractivity contribution in [3.8, 4) is 0 Å². The Morgan fingerprint density at radius 2 is 1.19 bits per heavy atom. The van der Waals surface area contributed by atoms with Crippen LogP contribution in [0, 0.1) is 0 Å². The highest BCUT2D eigenvalue weighted by atomic mass is 16.1. The van der Waals surface area contributed by atoms with Gasteiger partial charge in [0.15, 0.2) is 5.78 Å².